The molecule has 22 heavy (non-hydrogen) atoms. The molecule has 0 aromatic heterocycles. The largest absolute Gasteiger partial charge is 0.341 e. The van der Waals surface area contributed by atoms with Gasteiger partial charge in [-0.05, 0) is 12.0 Å². The number of nitrogens with zero attached hydrogens (tertiary/aromatic N) is 2. The Morgan fingerprint density at radius 2 is 1.77 bits per heavy atom. The van der Waals surface area contributed by atoms with E-state index < -0.39 is 9.84 Å². The van der Waals surface area contributed by atoms with Gasteiger partial charge in [0.05, 0.1) is 18.1 Å². The number of rotatable bonds is 3. The average Bonchev–Trinajstić information content (AvgIpc) is 3.00. The van der Waals surface area contributed by atoms with Gasteiger partial charge < -0.3 is 4.90 Å². The highest BCUT2D eigenvalue weighted by molar-refractivity contribution is 7.91. The van der Waals surface area contributed by atoms with Crippen molar-refractivity contribution in [1.29, 1.82) is 0 Å². The van der Waals surface area contributed by atoms with E-state index in [1.807, 2.05) is 28.0 Å². The molecule has 0 N–H and O–H groups in total. The number of carbonyl (C=O) groups is 1. The first-order chi connectivity index (χ1) is 10.5. The third-order valence-electron chi connectivity index (χ3n) is 4.61. The zero-order valence-corrected chi connectivity index (χ0v) is 13.5. The minimum absolute atomic E-state index is 0.123. The van der Waals surface area contributed by atoms with Crippen LogP contribution in [-0.2, 0) is 14.6 Å². The Labute approximate surface area is 131 Å². The maximum Gasteiger partial charge on any atom is 0.236 e. The van der Waals surface area contributed by atoms with Crippen LogP contribution in [0.1, 0.15) is 17.9 Å². The van der Waals surface area contributed by atoms with Crippen molar-refractivity contribution in [2.45, 2.75) is 12.3 Å². The predicted octanol–water partition coefficient (Wildman–Crippen LogP) is 0.733. The van der Waals surface area contributed by atoms with Crippen LogP contribution in [0.4, 0.5) is 0 Å². The lowest BCUT2D eigenvalue weighted by atomic mass is 9.99. The predicted molar refractivity (Wildman–Crippen MR) is 85.5 cm³/mol. The molecule has 2 heterocycles. The maximum absolute atomic E-state index is 12.4. The Morgan fingerprint density at radius 1 is 1.09 bits per heavy atom. The van der Waals surface area contributed by atoms with Crippen LogP contribution in [0.25, 0.3) is 0 Å². The number of likely N-dealkylation sites (tertiary alicyclic amines) is 1. The maximum atomic E-state index is 12.4. The van der Waals surface area contributed by atoms with Crippen LogP contribution in [0.3, 0.4) is 0 Å². The summed E-state index contributed by atoms with van der Waals surface area (Å²) in [4.78, 5) is 16.3. The number of sulfone groups is 1. The summed E-state index contributed by atoms with van der Waals surface area (Å²) in [5.74, 6) is 0.893. The van der Waals surface area contributed by atoms with Gasteiger partial charge in [0.25, 0.3) is 0 Å². The lowest BCUT2D eigenvalue weighted by Gasteiger charge is -2.28. The van der Waals surface area contributed by atoms with Crippen LogP contribution in [-0.4, -0.2) is 68.4 Å². The number of hydrogen-bond donors (Lipinski definition) is 0. The van der Waals surface area contributed by atoms with Crippen molar-refractivity contribution in [2.24, 2.45) is 0 Å². The molecule has 0 aliphatic carbocycles. The lowest BCUT2D eigenvalue weighted by Crippen LogP contribution is -2.46. The number of carbonyl (C=O) groups excluding carboxylic acids is 1. The van der Waals surface area contributed by atoms with Gasteiger partial charge in [0.1, 0.15) is 0 Å². The van der Waals surface area contributed by atoms with E-state index >= 15 is 0 Å². The second-order valence-corrected chi connectivity index (χ2v) is 8.47. The highest BCUT2D eigenvalue weighted by Gasteiger charge is 2.29. The molecule has 5 nitrogen and oxygen atoms in total. The zero-order valence-electron chi connectivity index (χ0n) is 12.6. The fraction of sp³-hybridized carbons (Fsp3) is 0.562. The molecule has 120 valence electrons. The summed E-state index contributed by atoms with van der Waals surface area (Å²) in [6, 6.07) is 10.3. The van der Waals surface area contributed by atoms with Gasteiger partial charge in [-0.25, -0.2) is 8.42 Å². The van der Waals surface area contributed by atoms with Gasteiger partial charge in [-0.2, -0.15) is 0 Å². The quantitative estimate of drug-likeness (QED) is 0.823. The third-order valence-corrected chi connectivity index (χ3v) is 6.22. The first kappa shape index (κ1) is 15.5. The SMILES string of the molecule is O=C(CN1CCS(=O)(=O)CC1)N1CCC(c2ccccc2)C1. The highest BCUT2D eigenvalue weighted by atomic mass is 32.2. The van der Waals surface area contributed by atoms with E-state index in [2.05, 4.69) is 12.1 Å². The van der Waals surface area contributed by atoms with Crippen LogP contribution >= 0.6 is 0 Å². The van der Waals surface area contributed by atoms with Crippen molar-refractivity contribution in [2.75, 3.05) is 44.2 Å². The second-order valence-electron chi connectivity index (χ2n) is 6.16. The molecule has 2 aliphatic rings. The van der Waals surface area contributed by atoms with E-state index in [4.69, 9.17) is 0 Å². The molecule has 0 saturated carbocycles. The van der Waals surface area contributed by atoms with E-state index in [1.54, 1.807) is 0 Å². The highest BCUT2D eigenvalue weighted by Crippen LogP contribution is 2.27. The summed E-state index contributed by atoms with van der Waals surface area (Å²) in [5, 5.41) is 0. The van der Waals surface area contributed by atoms with E-state index in [0.29, 0.717) is 25.6 Å². The summed E-state index contributed by atoms with van der Waals surface area (Å²) < 4.78 is 22.8. The molecule has 6 heteroatoms. The standard InChI is InChI=1S/C16H22N2O3S/c19-16(13-17-8-10-22(20,21)11-9-17)18-7-6-15(12-18)14-4-2-1-3-5-14/h1-5,15H,6-13H2. The molecule has 1 aromatic rings. The molecule has 2 aliphatic heterocycles. The van der Waals surface area contributed by atoms with E-state index in [-0.39, 0.29) is 17.4 Å². The van der Waals surface area contributed by atoms with E-state index in [1.165, 1.54) is 5.56 Å². The fourth-order valence-electron chi connectivity index (χ4n) is 3.18. The number of amides is 1. The lowest BCUT2D eigenvalue weighted by molar-refractivity contribution is -0.131. The molecular weight excluding hydrogens is 300 g/mol. The third kappa shape index (κ3) is 3.67. The number of hydrogen-bond acceptors (Lipinski definition) is 4. The molecule has 0 bridgehead atoms. The minimum Gasteiger partial charge on any atom is -0.341 e. The summed E-state index contributed by atoms with van der Waals surface area (Å²) in [7, 11) is -2.88. The summed E-state index contributed by atoms with van der Waals surface area (Å²) in [6.45, 7) is 2.87. The minimum atomic E-state index is -2.88. The van der Waals surface area contributed by atoms with Gasteiger partial charge in [0.2, 0.25) is 5.91 Å². The summed E-state index contributed by atoms with van der Waals surface area (Å²) >= 11 is 0. The molecule has 3 rings (SSSR count). The van der Waals surface area contributed by atoms with Crippen molar-refractivity contribution in [3.63, 3.8) is 0 Å². The molecule has 1 aromatic carbocycles. The Morgan fingerprint density at radius 3 is 2.45 bits per heavy atom. The monoisotopic (exact) mass is 322 g/mol. The van der Waals surface area contributed by atoms with Crippen molar-refractivity contribution in [3.8, 4) is 0 Å². The Bertz CT molecular complexity index is 616. The molecule has 2 fully saturated rings. The number of benzene rings is 1. The van der Waals surface area contributed by atoms with Gasteiger partial charge in [-0.3, -0.25) is 9.69 Å². The Balaban J connectivity index is 1.52. The Kier molecular flexibility index (Phi) is 4.49. The van der Waals surface area contributed by atoms with Crippen molar-refractivity contribution < 1.29 is 13.2 Å². The zero-order chi connectivity index (χ0) is 15.6. The molecular formula is C16H22N2O3S. The molecule has 1 unspecified atom stereocenters. The molecule has 0 radical (unpaired) electrons. The van der Waals surface area contributed by atoms with E-state index in [9.17, 15) is 13.2 Å². The van der Waals surface area contributed by atoms with Crippen LogP contribution in [0.2, 0.25) is 0 Å². The molecule has 2 saturated heterocycles. The van der Waals surface area contributed by atoms with Crippen molar-refractivity contribution >= 4 is 15.7 Å². The topological polar surface area (TPSA) is 57.7 Å². The summed E-state index contributed by atoms with van der Waals surface area (Å²) in [6.07, 6.45) is 1.00. The van der Waals surface area contributed by atoms with Gasteiger partial charge in [0, 0.05) is 32.1 Å². The van der Waals surface area contributed by atoms with Crippen molar-refractivity contribution in [1.82, 2.24) is 9.80 Å². The van der Waals surface area contributed by atoms with Crippen LogP contribution in [0.15, 0.2) is 30.3 Å². The van der Waals surface area contributed by atoms with Crippen molar-refractivity contribution in [3.05, 3.63) is 35.9 Å². The first-order valence-corrected chi connectivity index (χ1v) is 9.61. The van der Waals surface area contributed by atoms with E-state index in [0.717, 1.165) is 19.5 Å². The van der Waals surface area contributed by atoms with Crippen LogP contribution in [0.5, 0.6) is 0 Å². The smallest absolute Gasteiger partial charge is 0.236 e. The second kappa shape index (κ2) is 6.38. The first-order valence-electron chi connectivity index (χ1n) is 7.79. The normalized spacial score (nSPS) is 25.3. The fourth-order valence-corrected chi connectivity index (χ4v) is 4.46. The van der Waals surface area contributed by atoms with Gasteiger partial charge in [-0.15, -0.1) is 0 Å². The van der Waals surface area contributed by atoms with Crippen LogP contribution < -0.4 is 0 Å². The van der Waals surface area contributed by atoms with Gasteiger partial charge in [0.15, 0.2) is 9.84 Å². The van der Waals surface area contributed by atoms with Gasteiger partial charge >= 0.3 is 0 Å². The molecule has 0 spiro atoms. The van der Waals surface area contributed by atoms with Gasteiger partial charge in [-0.1, -0.05) is 30.3 Å². The molecule has 1 atom stereocenters. The van der Waals surface area contributed by atoms with Crippen LogP contribution in [0, 0.1) is 0 Å². The molecule has 1 amide bonds. The summed E-state index contributed by atoms with van der Waals surface area (Å²) in [5.41, 5.74) is 1.29. The Hall–Kier alpha value is -1.40. The average molecular weight is 322 g/mol.